The van der Waals surface area contributed by atoms with E-state index < -0.39 is 23.1 Å². The molecule has 3 N–H and O–H groups in total. The Morgan fingerprint density at radius 1 is 1.20 bits per heavy atom. The highest BCUT2D eigenvalue weighted by molar-refractivity contribution is 6.34. The maximum absolute atomic E-state index is 16.7. The third-order valence-electron chi connectivity index (χ3n) is 9.01. The van der Waals surface area contributed by atoms with Crippen molar-refractivity contribution in [3.05, 3.63) is 87.7 Å². The molecule has 3 heterocycles. The van der Waals surface area contributed by atoms with Crippen molar-refractivity contribution in [2.24, 2.45) is 18.7 Å². The van der Waals surface area contributed by atoms with Gasteiger partial charge in [-0.25, -0.2) is 8.78 Å². The Labute approximate surface area is 258 Å². The summed E-state index contributed by atoms with van der Waals surface area (Å²) >= 11 is 6.64. The number of nitrogens with one attached hydrogen (secondary N) is 1. The predicted molar refractivity (Wildman–Crippen MR) is 161 cm³/mol. The van der Waals surface area contributed by atoms with Crippen molar-refractivity contribution in [2.75, 3.05) is 20.2 Å². The molecule has 1 fully saturated rings. The van der Waals surface area contributed by atoms with Gasteiger partial charge < -0.3 is 25.3 Å². The van der Waals surface area contributed by atoms with Gasteiger partial charge in [0.1, 0.15) is 23.9 Å². The van der Waals surface area contributed by atoms with Crippen molar-refractivity contribution in [1.29, 1.82) is 0 Å². The van der Waals surface area contributed by atoms with Crippen LogP contribution in [-0.4, -0.2) is 42.0 Å². The van der Waals surface area contributed by atoms with Crippen LogP contribution in [0, 0.1) is 17.6 Å². The highest BCUT2D eigenvalue weighted by Gasteiger charge is 2.45. The van der Waals surface area contributed by atoms with Crippen molar-refractivity contribution < 1.29 is 27.8 Å². The van der Waals surface area contributed by atoms with Gasteiger partial charge in [0, 0.05) is 67.2 Å². The van der Waals surface area contributed by atoms with Gasteiger partial charge >= 0.3 is 0 Å². The lowest BCUT2D eigenvalue weighted by atomic mass is 9.81. The van der Waals surface area contributed by atoms with Crippen LogP contribution < -0.4 is 20.5 Å². The molecule has 2 aliphatic heterocycles. The first-order valence-corrected chi connectivity index (χ1v) is 14.9. The summed E-state index contributed by atoms with van der Waals surface area (Å²) in [5.74, 6) is -1.93. The molecule has 228 valence electrons. The van der Waals surface area contributed by atoms with Gasteiger partial charge in [0.15, 0.2) is 17.2 Å². The number of primary amides is 1. The average Bonchev–Trinajstić information content (AvgIpc) is 3.56. The number of amides is 1. The summed E-state index contributed by atoms with van der Waals surface area (Å²) in [5.41, 5.74) is 7.45. The zero-order valence-electron chi connectivity index (χ0n) is 24.3. The van der Waals surface area contributed by atoms with E-state index in [0.29, 0.717) is 34.8 Å². The first-order chi connectivity index (χ1) is 21.2. The van der Waals surface area contributed by atoms with Crippen molar-refractivity contribution >= 4 is 17.5 Å². The molecule has 0 saturated heterocycles. The summed E-state index contributed by atoms with van der Waals surface area (Å²) in [6.45, 7) is 1.19. The van der Waals surface area contributed by atoms with Gasteiger partial charge in [0.2, 0.25) is 5.91 Å². The minimum absolute atomic E-state index is 0.0242. The standard InChI is InChI=1S/C33H31ClF2N4O4/c1-40-14-23-20-10-21(32(37)41)28(30(36)31(20)43-15-25(23)39-40)27-22-12-33(18-6-4-3-5-7-18,44-26(22)11-24(35)29(27)34)16-38-13-17-8-19(9-17)42-2/h3-7,10-11,14,17,19,38H,8-9,12-13,15-16H2,1-2H3,(H2,37,41). The monoisotopic (exact) mass is 620 g/mol. The largest absolute Gasteiger partial charge is 0.483 e. The number of ether oxygens (including phenoxy) is 3. The first kappa shape index (κ1) is 28.8. The van der Waals surface area contributed by atoms with Crippen molar-refractivity contribution in [3.63, 3.8) is 0 Å². The maximum atomic E-state index is 16.7. The van der Waals surface area contributed by atoms with Crippen LogP contribution >= 0.6 is 11.6 Å². The Kier molecular flexibility index (Phi) is 7.10. The minimum atomic E-state index is -0.946. The number of methoxy groups -OCH3 is 1. The number of hydrogen-bond acceptors (Lipinski definition) is 6. The van der Waals surface area contributed by atoms with Crippen LogP contribution in [0.4, 0.5) is 8.78 Å². The molecule has 1 unspecified atom stereocenters. The number of nitrogens with zero attached hydrogens (tertiary/aromatic N) is 2. The third-order valence-corrected chi connectivity index (χ3v) is 9.38. The second-order valence-electron chi connectivity index (χ2n) is 11.8. The van der Waals surface area contributed by atoms with Gasteiger partial charge in [0.25, 0.3) is 0 Å². The molecule has 3 aliphatic rings. The van der Waals surface area contributed by atoms with Crippen LogP contribution in [0.2, 0.25) is 5.02 Å². The summed E-state index contributed by atoms with van der Waals surface area (Å²) in [5, 5.41) is 7.57. The molecule has 7 rings (SSSR count). The van der Waals surface area contributed by atoms with Crippen LogP contribution in [0.1, 0.15) is 40.0 Å². The van der Waals surface area contributed by atoms with E-state index in [1.54, 1.807) is 25.0 Å². The van der Waals surface area contributed by atoms with Crippen LogP contribution in [-0.2, 0) is 30.4 Å². The Morgan fingerprint density at radius 2 is 1.98 bits per heavy atom. The summed E-state index contributed by atoms with van der Waals surface area (Å²) in [4.78, 5) is 12.9. The molecule has 0 radical (unpaired) electrons. The molecule has 1 saturated carbocycles. The normalized spacial score (nSPS) is 21.5. The highest BCUT2D eigenvalue weighted by atomic mass is 35.5. The van der Waals surface area contributed by atoms with Crippen LogP contribution in [0.25, 0.3) is 22.3 Å². The molecule has 1 aliphatic carbocycles. The van der Waals surface area contributed by atoms with Crippen LogP contribution in [0.5, 0.6) is 11.5 Å². The topological polar surface area (TPSA) is 101 Å². The van der Waals surface area contributed by atoms with Gasteiger partial charge in [0.05, 0.1) is 16.7 Å². The molecule has 4 aromatic rings. The Balaban J connectivity index is 1.34. The number of aromatic nitrogens is 2. The van der Waals surface area contributed by atoms with Gasteiger partial charge in [-0.3, -0.25) is 9.48 Å². The molecule has 44 heavy (non-hydrogen) atoms. The van der Waals surface area contributed by atoms with Gasteiger partial charge in [-0.15, -0.1) is 0 Å². The van der Waals surface area contributed by atoms with Crippen molar-refractivity contribution in [2.45, 2.75) is 37.6 Å². The third kappa shape index (κ3) is 4.63. The smallest absolute Gasteiger partial charge is 0.249 e. The van der Waals surface area contributed by atoms with E-state index in [4.69, 9.17) is 31.5 Å². The fourth-order valence-corrected chi connectivity index (χ4v) is 7.00. The molecule has 1 aromatic heterocycles. The first-order valence-electron chi connectivity index (χ1n) is 14.5. The highest BCUT2D eigenvalue weighted by Crippen LogP contribution is 2.52. The fourth-order valence-electron chi connectivity index (χ4n) is 6.73. The second kappa shape index (κ2) is 10.9. The number of benzene rings is 3. The van der Waals surface area contributed by atoms with Crippen molar-refractivity contribution in [3.8, 4) is 33.8 Å². The van der Waals surface area contributed by atoms with E-state index >= 15 is 8.78 Å². The number of fused-ring (bicyclic) bond motifs is 4. The Bertz CT molecular complexity index is 1790. The zero-order chi connectivity index (χ0) is 30.7. The number of rotatable bonds is 8. The van der Waals surface area contributed by atoms with Gasteiger partial charge in [-0.05, 0) is 36.9 Å². The van der Waals surface area contributed by atoms with Crippen LogP contribution in [0.3, 0.4) is 0 Å². The molecular formula is C33H31ClF2N4O4. The predicted octanol–water partition coefficient (Wildman–Crippen LogP) is 5.52. The number of hydrogen-bond donors (Lipinski definition) is 2. The van der Waals surface area contributed by atoms with E-state index in [9.17, 15) is 4.79 Å². The molecule has 11 heteroatoms. The van der Waals surface area contributed by atoms with Gasteiger partial charge in [-0.2, -0.15) is 5.10 Å². The fraction of sp³-hybridized carbons (Fsp3) is 0.333. The number of nitrogens with two attached hydrogens (primary N) is 1. The molecule has 1 amide bonds. The summed E-state index contributed by atoms with van der Waals surface area (Å²) in [7, 11) is 3.46. The number of halogens is 3. The summed E-state index contributed by atoms with van der Waals surface area (Å²) in [6, 6.07) is 12.3. The van der Waals surface area contributed by atoms with E-state index in [1.165, 1.54) is 12.1 Å². The van der Waals surface area contributed by atoms with E-state index in [2.05, 4.69) is 10.4 Å². The van der Waals surface area contributed by atoms with E-state index in [-0.39, 0.29) is 52.3 Å². The molecule has 8 nitrogen and oxygen atoms in total. The average molecular weight is 621 g/mol. The van der Waals surface area contributed by atoms with E-state index in [1.807, 2.05) is 30.3 Å². The van der Waals surface area contributed by atoms with Gasteiger partial charge in [-0.1, -0.05) is 41.9 Å². The lowest BCUT2D eigenvalue weighted by Crippen LogP contribution is -2.45. The lowest BCUT2D eigenvalue weighted by Gasteiger charge is -2.36. The molecule has 3 aromatic carbocycles. The second-order valence-corrected chi connectivity index (χ2v) is 12.2. The maximum Gasteiger partial charge on any atom is 0.249 e. The minimum Gasteiger partial charge on any atom is -0.483 e. The number of carbonyl (C=O) groups excluding carboxylic acids is 1. The lowest BCUT2D eigenvalue weighted by molar-refractivity contribution is -0.000615. The van der Waals surface area contributed by atoms with E-state index in [0.717, 1.165) is 24.9 Å². The zero-order valence-corrected chi connectivity index (χ0v) is 25.0. The molecule has 0 spiro atoms. The number of aryl methyl sites for hydroxylation is 1. The van der Waals surface area contributed by atoms with Crippen LogP contribution in [0.15, 0.2) is 48.7 Å². The Hall–Kier alpha value is -3.99. The molecular weight excluding hydrogens is 590 g/mol. The Morgan fingerprint density at radius 3 is 2.70 bits per heavy atom. The summed E-state index contributed by atoms with van der Waals surface area (Å²) < 4.78 is 51.6. The molecule has 1 atom stereocenters. The summed E-state index contributed by atoms with van der Waals surface area (Å²) in [6.07, 6.45) is 4.20. The van der Waals surface area contributed by atoms with Crippen molar-refractivity contribution in [1.82, 2.24) is 15.1 Å². The SMILES string of the molecule is COC1CC(CNCC2(c3ccccc3)Cc3c(cc(F)c(Cl)c3-c3c(C(N)=O)cc4c(c3F)OCc3nn(C)cc3-4)O2)C1. The molecule has 0 bridgehead atoms. The number of carbonyl (C=O) groups is 1. The quantitative estimate of drug-likeness (QED) is 0.269.